The van der Waals surface area contributed by atoms with Crippen molar-refractivity contribution in [2.24, 2.45) is 0 Å². The summed E-state index contributed by atoms with van der Waals surface area (Å²) in [4.78, 5) is 28.2. The number of aryl methyl sites for hydroxylation is 1. The second kappa shape index (κ2) is 11.8. The molecule has 6 heteroatoms. The number of ether oxygens (including phenoxy) is 2. The Labute approximate surface area is 218 Å². The summed E-state index contributed by atoms with van der Waals surface area (Å²) in [7, 11) is 1.54. The highest BCUT2D eigenvalue weighted by Gasteiger charge is 2.47. The van der Waals surface area contributed by atoms with Crippen LogP contribution in [0.2, 0.25) is 0 Å². The molecular formula is C31H33NO5. The third-order valence-corrected chi connectivity index (χ3v) is 6.65. The maximum atomic E-state index is 13.4. The summed E-state index contributed by atoms with van der Waals surface area (Å²) < 4.78 is 11.4. The lowest BCUT2D eigenvalue weighted by molar-refractivity contribution is -0.132. The summed E-state index contributed by atoms with van der Waals surface area (Å²) in [5.41, 5.74) is 2.75. The van der Waals surface area contributed by atoms with Crippen LogP contribution in [0.5, 0.6) is 11.5 Å². The highest BCUT2D eigenvalue weighted by molar-refractivity contribution is 6.51. The molecule has 1 aliphatic rings. The molecule has 1 atom stereocenters. The lowest BCUT2D eigenvalue weighted by Crippen LogP contribution is -2.29. The number of para-hydroxylation sites is 1. The molecule has 1 amide bonds. The molecule has 1 unspecified atom stereocenters. The number of unbranched alkanes of at least 4 members (excludes halogenated alkanes) is 2. The number of benzene rings is 3. The zero-order valence-corrected chi connectivity index (χ0v) is 21.6. The van der Waals surface area contributed by atoms with E-state index in [2.05, 4.69) is 13.8 Å². The van der Waals surface area contributed by atoms with Crippen molar-refractivity contribution in [1.29, 1.82) is 0 Å². The summed E-state index contributed by atoms with van der Waals surface area (Å²) >= 11 is 0. The maximum absolute atomic E-state index is 13.4. The van der Waals surface area contributed by atoms with Gasteiger partial charge in [-0.1, -0.05) is 57.0 Å². The molecule has 0 aliphatic carbocycles. The molecule has 1 fully saturated rings. The molecule has 1 heterocycles. The molecule has 0 radical (unpaired) electrons. The fourth-order valence-corrected chi connectivity index (χ4v) is 4.58. The number of Topliss-reactive ketones (excluding diaryl/α,β-unsaturated/α-hetero) is 1. The maximum Gasteiger partial charge on any atom is 0.300 e. The Morgan fingerprint density at radius 3 is 2.27 bits per heavy atom. The number of carbonyl (C=O) groups is 2. The predicted octanol–water partition coefficient (Wildman–Crippen LogP) is 6.45. The molecule has 1 N–H and O–H groups in total. The number of carbonyl (C=O) groups excluding carboxylic acids is 2. The number of hydrogen-bond acceptors (Lipinski definition) is 5. The normalized spacial score (nSPS) is 16.7. The average molecular weight is 500 g/mol. The minimum Gasteiger partial charge on any atom is -0.507 e. The van der Waals surface area contributed by atoms with E-state index in [-0.39, 0.29) is 11.3 Å². The van der Waals surface area contributed by atoms with Crippen LogP contribution in [0.4, 0.5) is 5.69 Å². The predicted molar refractivity (Wildman–Crippen MR) is 145 cm³/mol. The molecule has 37 heavy (non-hydrogen) atoms. The molecule has 4 rings (SSSR count). The average Bonchev–Trinajstić information content (AvgIpc) is 3.20. The molecular weight excluding hydrogens is 466 g/mol. The van der Waals surface area contributed by atoms with Crippen LogP contribution < -0.4 is 14.4 Å². The highest BCUT2D eigenvalue weighted by atomic mass is 16.5. The minimum absolute atomic E-state index is 0.0192. The van der Waals surface area contributed by atoms with E-state index in [1.807, 2.05) is 42.5 Å². The van der Waals surface area contributed by atoms with Crippen LogP contribution in [0, 0.1) is 0 Å². The van der Waals surface area contributed by atoms with Crippen molar-refractivity contribution in [3.8, 4) is 11.5 Å². The molecule has 0 spiro atoms. The number of hydrogen-bond donors (Lipinski definition) is 1. The van der Waals surface area contributed by atoms with Crippen molar-refractivity contribution in [3.63, 3.8) is 0 Å². The first-order valence-corrected chi connectivity index (χ1v) is 12.8. The zero-order chi connectivity index (χ0) is 26.4. The fraction of sp³-hybridized carbons (Fsp3) is 0.290. The SMILES string of the molecule is CCCCCOc1ccc(/C(O)=C2/C(=O)C(=O)N(c3ccc(CC)cc3)C2c2ccccc2OC)cc1. The molecule has 1 aliphatic heterocycles. The van der Waals surface area contributed by atoms with Crippen LogP contribution in [0.25, 0.3) is 5.76 Å². The molecule has 0 bridgehead atoms. The monoisotopic (exact) mass is 499 g/mol. The van der Waals surface area contributed by atoms with E-state index in [0.717, 1.165) is 31.2 Å². The van der Waals surface area contributed by atoms with Crippen LogP contribution in [0.3, 0.4) is 0 Å². The first kappa shape index (κ1) is 26.0. The number of amides is 1. The number of ketones is 1. The van der Waals surface area contributed by atoms with Gasteiger partial charge in [-0.2, -0.15) is 0 Å². The van der Waals surface area contributed by atoms with E-state index in [4.69, 9.17) is 9.47 Å². The van der Waals surface area contributed by atoms with Gasteiger partial charge in [0.25, 0.3) is 11.7 Å². The largest absolute Gasteiger partial charge is 0.507 e. The van der Waals surface area contributed by atoms with Crippen LogP contribution in [-0.2, 0) is 16.0 Å². The molecule has 0 aromatic heterocycles. The van der Waals surface area contributed by atoms with Crippen molar-refractivity contribution in [2.75, 3.05) is 18.6 Å². The third kappa shape index (κ3) is 5.38. The van der Waals surface area contributed by atoms with E-state index in [0.29, 0.717) is 34.9 Å². The number of aliphatic hydroxyl groups excluding tert-OH is 1. The highest BCUT2D eigenvalue weighted by Crippen LogP contribution is 2.45. The number of methoxy groups -OCH3 is 1. The topological polar surface area (TPSA) is 76.1 Å². The van der Waals surface area contributed by atoms with Gasteiger partial charge >= 0.3 is 0 Å². The fourth-order valence-electron chi connectivity index (χ4n) is 4.58. The number of rotatable bonds is 10. The Hall–Kier alpha value is -4.06. The Kier molecular flexibility index (Phi) is 8.29. The Balaban J connectivity index is 1.78. The van der Waals surface area contributed by atoms with E-state index in [1.54, 1.807) is 37.4 Å². The van der Waals surface area contributed by atoms with E-state index in [1.165, 1.54) is 4.90 Å². The van der Waals surface area contributed by atoms with E-state index < -0.39 is 17.7 Å². The van der Waals surface area contributed by atoms with Gasteiger partial charge in [0.2, 0.25) is 0 Å². The Morgan fingerprint density at radius 1 is 0.919 bits per heavy atom. The zero-order valence-electron chi connectivity index (χ0n) is 21.6. The lowest BCUT2D eigenvalue weighted by atomic mass is 9.94. The molecule has 1 saturated heterocycles. The molecule has 6 nitrogen and oxygen atoms in total. The van der Waals surface area contributed by atoms with Gasteiger partial charge in [-0.05, 0) is 60.9 Å². The molecule has 0 saturated carbocycles. The van der Waals surface area contributed by atoms with Crippen LogP contribution in [0.1, 0.15) is 55.8 Å². The number of anilines is 1. The summed E-state index contributed by atoms with van der Waals surface area (Å²) in [5.74, 6) is -0.471. The summed E-state index contributed by atoms with van der Waals surface area (Å²) in [6.45, 7) is 4.81. The molecule has 3 aromatic rings. The quantitative estimate of drug-likeness (QED) is 0.150. The van der Waals surface area contributed by atoms with Gasteiger partial charge < -0.3 is 14.6 Å². The van der Waals surface area contributed by atoms with Crippen molar-refractivity contribution < 1.29 is 24.2 Å². The smallest absolute Gasteiger partial charge is 0.300 e. The van der Waals surface area contributed by atoms with E-state index in [9.17, 15) is 14.7 Å². The van der Waals surface area contributed by atoms with Gasteiger partial charge in [-0.3, -0.25) is 14.5 Å². The van der Waals surface area contributed by atoms with Crippen LogP contribution in [-0.4, -0.2) is 30.5 Å². The standard InChI is InChI=1S/C31H33NO5/c1-4-6-9-20-37-24-18-14-22(15-19-24)29(33)27-28(25-10-7-8-11-26(25)36-3)32(31(35)30(27)34)23-16-12-21(5-2)13-17-23/h7-8,10-19,28,33H,4-6,9,20H2,1-3H3/b29-27-. The first-order valence-electron chi connectivity index (χ1n) is 12.8. The second-order valence-electron chi connectivity index (χ2n) is 9.01. The third-order valence-electron chi connectivity index (χ3n) is 6.65. The van der Waals surface area contributed by atoms with Gasteiger partial charge in [-0.15, -0.1) is 0 Å². The molecule has 192 valence electrons. The second-order valence-corrected chi connectivity index (χ2v) is 9.01. The Morgan fingerprint density at radius 2 is 1.62 bits per heavy atom. The van der Waals surface area contributed by atoms with Crippen molar-refractivity contribution in [2.45, 2.75) is 45.6 Å². The van der Waals surface area contributed by atoms with Crippen LogP contribution >= 0.6 is 0 Å². The minimum atomic E-state index is -0.853. The summed E-state index contributed by atoms with van der Waals surface area (Å²) in [5, 5.41) is 11.4. The van der Waals surface area contributed by atoms with Gasteiger partial charge in [-0.25, -0.2) is 0 Å². The van der Waals surface area contributed by atoms with Crippen molar-refractivity contribution >= 4 is 23.1 Å². The van der Waals surface area contributed by atoms with Gasteiger partial charge in [0.05, 0.1) is 25.3 Å². The van der Waals surface area contributed by atoms with Gasteiger partial charge in [0, 0.05) is 16.8 Å². The van der Waals surface area contributed by atoms with E-state index >= 15 is 0 Å². The molecule has 3 aromatic carbocycles. The number of nitrogens with zero attached hydrogens (tertiary/aromatic N) is 1. The van der Waals surface area contributed by atoms with Gasteiger partial charge in [0.15, 0.2) is 0 Å². The summed E-state index contributed by atoms with van der Waals surface area (Å²) in [6, 6.07) is 20.8. The Bertz CT molecular complexity index is 1280. The van der Waals surface area contributed by atoms with Crippen LogP contribution in [0.15, 0.2) is 78.4 Å². The summed E-state index contributed by atoms with van der Waals surface area (Å²) in [6.07, 6.45) is 4.04. The van der Waals surface area contributed by atoms with Crippen molar-refractivity contribution in [1.82, 2.24) is 0 Å². The lowest BCUT2D eigenvalue weighted by Gasteiger charge is -2.26. The number of aliphatic hydroxyl groups is 1. The van der Waals surface area contributed by atoms with Gasteiger partial charge in [0.1, 0.15) is 17.3 Å². The first-order chi connectivity index (χ1) is 18.0. The van der Waals surface area contributed by atoms with Crippen molar-refractivity contribution in [3.05, 3.63) is 95.1 Å².